The van der Waals surface area contributed by atoms with Crippen molar-refractivity contribution in [3.8, 4) is 17.2 Å². The van der Waals surface area contributed by atoms with E-state index in [1.807, 2.05) is 0 Å². The van der Waals surface area contributed by atoms with E-state index in [0.29, 0.717) is 5.56 Å². The summed E-state index contributed by atoms with van der Waals surface area (Å²) in [6, 6.07) is 2.64. The maximum absolute atomic E-state index is 12.9. The molecule has 6 nitrogen and oxygen atoms in total. The molecule has 0 fully saturated rings. The van der Waals surface area contributed by atoms with Gasteiger partial charge in [0.05, 0.1) is 12.7 Å². The second-order valence-corrected chi connectivity index (χ2v) is 3.96. The Kier molecular flexibility index (Phi) is 4.79. The normalized spacial score (nSPS) is 17.8. The molecule has 0 bridgehead atoms. The van der Waals surface area contributed by atoms with Crippen LogP contribution in [0.15, 0.2) is 12.1 Å². The van der Waals surface area contributed by atoms with Gasteiger partial charge in [0.25, 0.3) is 0 Å². The smallest absolute Gasteiger partial charge is 0.493 e. The lowest BCUT2D eigenvalue weighted by Crippen LogP contribution is -2.42. The molecule has 9 heteroatoms. The number of hydrogen-bond donors (Lipinski definition) is 3. The minimum absolute atomic E-state index is 0.0453. The molecule has 1 heterocycles. The summed E-state index contributed by atoms with van der Waals surface area (Å²) >= 11 is 0. The van der Waals surface area contributed by atoms with E-state index in [2.05, 4.69) is 9.47 Å². The molecule has 0 saturated carbocycles. The molecule has 20 heavy (non-hydrogen) atoms. The number of aliphatic hydroxyl groups excluding tert-OH is 1. The van der Waals surface area contributed by atoms with Crippen molar-refractivity contribution in [2.24, 2.45) is 5.73 Å². The van der Waals surface area contributed by atoms with Crippen LogP contribution in [0.5, 0.6) is 17.2 Å². The summed E-state index contributed by atoms with van der Waals surface area (Å²) in [5, 5.41) is 16.3. The molecular weight excluding hydrogens is 275 g/mol. The standard InChI is InChI=1S/C10H10BF2NO4.CH4O/c1-16-6-2-5(4-9(11,14)15)3-7-8(6)18-10(12,13)17-7;1-2/h2-3,15H,4,14H2,1H3;2H,1H3. The number of halogens is 2. The third-order valence-electron chi connectivity index (χ3n) is 2.24. The molecule has 2 rings (SSSR count). The number of hydrogen-bond acceptors (Lipinski definition) is 6. The average molecular weight is 289 g/mol. The number of benzene rings is 1. The number of ether oxygens (including phenoxy) is 3. The third kappa shape index (κ3) is 3.96. The van der Waals surface area contributed by atoms with Crippen LogP contribution in [0.4, 0.5) is 8.78 Å². The summed E-state index contributed by atoms with van der Waals surface area (Å²) in [5.74, 6) is -0.355. The second kappa shape index (κ2) is 5.82. The number of fused-ring (bicyclic) bond motifs is 1. The second-order valence-electron chi connectivity index (χ2n) is 3.96. The highest BCUT2D eigenvalue weighted by molar-refractivity contribution is 6.13. The fraction of sp³-hybridized carbons (Fsp3) is 0.455. The number of alkyl halides is 2. The number of nitrogens with two attached hydrogens (primary N) is 1. The lowest BCUT2D eigenvalue weighted by Gasteiger charge is -2.18. The van der Waals surface area contributed by atoms with Gasteiger partial charge in [-0.15, -0.1) is 8.78 Å². The third-order valence-corrected chi connectivity index (χ3v) is 2.24. The Morgan fingerprint density at radius 1 is 1.40 bits per heavy atom. The van der Waals surface area contributed by atoms with Crippen LogP contribution in [0.3, 0.4) is 0 Å². The summed E-state index contributed by atoms with van der Waals surface area (Å²) in [7, 11) is 7.52. The van der Waals surface area contributed by atoms with E-state index in [4.69, 9.17) is 23.4 Å². The fourth-order valence-electron chi connectivity index (χ4n) is 1.66. The Morgan fingerprint density at radius 3 is 2.50 bits per heavy atom. The van der Waals surface area contributed by atoms with E-state index < -0.39 is 11.9 Å². The van der Waals surface area contributed by atoms with E-state index in [0.717, 1.165) is 7.11 Å². The molecule has 0 amide bonds. The van der Waals surface area contributed by atoms with Crippen molar-refractivity contribution in [1.82, 2.24) is 0 Å². The van der Waals surface area contributed by atoms with Crippen LogP contribution < -0.4 is 19.9 Å². The lowest BCUT2D eigenvalue weighted by atomic mass is 9.86. The quantitative estimate of drug-likeness (QED) is 0.533. The van der Waals surface area contributed by atoms with Gasteiger partial charge in [0.15, 0.2) is 11.5 Å². The first-order valence-electron chi connectivity index (χ1n) is 5.42. The summed E-state index contributed by atoms with van der Waals surface area (Å²) in [6.45, 7) is 0. The van der Waals surface area contributed by atoms with E-state index >= 15 is 0 Å². The fourth-order valence-corrected chi connectivity index (χ4v) is 1.66. The van der Waals surface area contributed by atoms with Gasteiger partial charge in [0.2, 0.25) is 5.75 Å². The van der Waals surface area contributed by atoms with Gasteiger partial charge < -0.3 is 30.2 Å². The van der Waals surface area contributed by atoms with Crippen LogP contribution in [0.25, 0.3) is 0 Å². The summed E-state index contributed by atoms with van der Waals surface area (Å²) < 4.78 is 39.3. The largest absolute Gasteiger partial charge is 0.586 e. The predicted molar refractivity (Wildman–Crippen MR) is 65.9 cm³/mol. The first-order valence-corrected chi connectivity index (χ1v) is 5.42. The minimum Gasteiger partial charge on any atom is -0.493 e. The van der Waals surface area contributed by atoms with E-state index in [-0.39, 0.29) is 23.7 Å². The van der Waals surface area contributed by atoms with Crippen molar-refractivity contribution < 1.29 is 33.2 Å². The van der Waals surface area contributed by atoms with Crippen molar-refractivity contribution in [3.63, 3.8) is 0 Å². The van der Waals surface area contributed by atoms with Crippen molar-refractivity contribution in [2.45, 2.75) is 18.3 Å². The van der Waals surface area contributed by atoms with Gasteiger partial charge in [0.1, 0.15) is 7.85 Å². The van der Waals surface area contributed by atoms with Crippen LogP contribution in [0, 0.1) is 0 Å². The first-order chi connectivity index (χ1) is 9.20. The zero-order valence-corrected chi connectivity index (χ0v) is 10.9. The SMILES string of the molecule is CO.[B]C(N)(O)Cc1cc(OC)c2c(c1)OC(F)(F)O2. The topological polar surface area (TPSA) is 94.2 Å². The molecule has 4 N–H and O–H groups in total. The van der Waals surface area contributed by atoms with Crippen molar-refractivity contribution in [3.05, 3.63) is 17.7 Å². The summed E-state index contributed by atoms with van der Waals surface area (Å²) in [6.07, 6.45) is -3.90. The average Bonchev–Trinajstić information content (AvgIpc) is 2.62. The molecule has 1 aromatic carbocycles. The molecule has 1 aliphatic rings. The van der Waals surface area contributed by atoms with E-state index in [1.165, 1.54) is 19.2 Å². The van der Waals surface area contributed by atoms with Gasteiger partial charge in [0, 0.05) is 13.5 Å². The van der Waals surface area contributed by atoms with E-state index in [9.17, 15) is 13.9 Å². The van der Waals surface area contributed by atoms with E-state index in [1.54, 1.807) is 0 Å². The maximum atomic E-state index is 12.9. The Hall–Kier alpha value is -1.58. The molecule has 1 atom stereocenters. The molecule has 110 valence electrons. The van der Waals surface area contributed by atoms with Crippen LogP contribution >= 0.6 is 0 Å². The number of methoxy groups -OCH3 is 1. The molecule has 0 aliphatic carbocycles. The van der Waals surface area contributed by atoms with Crippen LogP contribution in [-0.4, -0.2) is 44.2 Å². The highest BCUT2D eigenvalue weighted by Gasteiger charge is 2.45. The van der Waals surface area contributed by atoms with Crippen molar-refractivity contribution >= 4 is 7.85 Å². The van der Waals surface area contributed by atoms with Gasteiger partial charge in [-0.3, -0.25) is 0 Å². The Bertz CT molecular complexity index is 479. The molecule has 1 unspecified atom stereocenters. The Balaban J connectivity index is 0.000000956. The Labute approximate surface area is 115 Å². The summed E-state index contributed by atoms with van der Waals surface area (Å²) in [4.78, 5) is 0. The van der Waals surface area contributed by atoms with Crippen LogP contribution in [-0.2, 0) is 6.42 Å². The highest BCUT2D eigenvalue weighted by atomic mass is 19.3. The molecular formula is C11H14BF2NO5. The first kappa shape index (κ1) is 16.5. The van der Waals surface area contributed by atoms with Crippen molar-refractivity contribution in [1.29, 1.82) is 0 Å². The monoisotopic (exact) mass is 289 g/mol. The zero-order valence-electron chi connectivity index (χ0n) is 10.9. The van der Waals surface area contributed by atoms with Crippen LogP contribution in [0.2, 0.25) is 0 Å². The molecule has 1 aromatic rings. The number of rotatable bonds is 3. The van der Waals surface area contributed by atoms with Crippen molar-refractivity contribution in [2.75, 3.05) is 14.2 Å². The maximum Gasteiger partial charge on any atom is 0.586 e. The number of aliphatic hydroxyl groups is 2. The van der Waals surface area contributed by atoms with Gasteiger partial charge >= 0.3 is 6.29 Å². The van der Waals surface area contributed by atoms with Gasteiger partial charge in [-0.25, -0.2) is 0 Å². The van der Waals surface area contributed by atoms with Gasteiger partial charge in [-0.2, -0.15) is 0 Å². The van der Waals surface area contributed by atoms with Gasteiger partial charge in [-0.05, 0) is 17.7 Å². The molecule has 0 spiro atoms. The minimum atomic E-state index is -3.74. The lowest BCUT2D eigenvalue weighted by molar-refractivity contribution is -0.287. The predicted octanol–water partition coefficient (Wildman–Crippen LogP) is -0.0590. The molecule has 0 saturated heterocycles. The summed E-state index contributed by atoms with van der Waals surface area (Å²) in [5.41, 5.74) is 3.65. The highest BCUT2D eigenvalue weighted by Crippen LogP contribution is 2.47. The Morgan fingerprint density at radius 2 is 2.00 bits per heavy atom. The zero-order chi connectivity index (χ0) is 15.6. The molecule has 2 radical (unpaired) electrons. The molecule has 0 aromatic heterocycles. The molecule has 1 aliphatic heterocycles. The van der Waals surface area contributed by atoms with Crippen LogP contribution in [0.1, 0.15) is 5.56 Å². The van der Waals surface area contributed by atoms with Gasteiger partial charge in [-0.1, -0.05) is 0 Å².